The van der Waals surface area contributed by atoms with Crippen molar-refractivity contribution in [2.75, 3.05) is 7.11 Å². The monoisotopic (exact) mass is 568 g/mol. The number of carbonyl (C=O) groups is 1. The second-order valence-corrected chi connectivity index (χ2v) is 15.3. The number of aryl methyl sites for hydroxylation is 1. The lowest BCUT2D eigenvalue weighted by Crippen LogP contribution is -2.65. The summed E-state index contributed by atoms with van der Waals surface area (Å²) in [6, 6.07) is 29.3. The van der Waals surface area contributed by atoms with Crippen LogP contribution in [0.1, 0.15) is 42.6 Å². The molecule has 0 radical (unpaired) electrons. The second kappa shape index (κ2) is 11.3. The number of hydrogen-bond donors (Lipinski definition) is 1. The molecule has 5 aromatic rings. The van der Waals surface area contributed by atoms with E-state index in [4.69, 9.17) is 4.74 Å². The SMILES string of the molecule is COC(=O)c1cc2ncsc2n(-c2ccccc2CCCC(C)(C)[Si](O)(c2ccccc2)c2ccccc2)c1=O. The number of aromatic nitrogens is 2. The Morgan fingerprint density at radius 3 is 2.20 bits per heavy atom. The van der Waals surface area contributed by atoms with E-state index < -0.39 is 19.8 Å². The number of ether oxygens (including phenoxy) is 1. The van der Waals surface area contributed by atoms with Gasteiger partial charge >= 0.3 is 5.97 Å². The quantitative estimate of drug-likeness (QED) is 0.198. The van der Waals surface area contributed by atoms with Crippen molar-refractivity contribution in [3.05, 3.63) is 118 Å². The first-order valence-electron chi connectivity index (χ1n) is 13.3. The van der Waals surface area contributed by atoms with Crippen molar-refractivity contribution >= 4 is 46.3 Å². The molecular weight excluding hydrogens is 537 g/mol. The van der Waals surface area contributed by atoms with Crippen molar-refractivity contribution in [3.8, 4) is 5.69 Å². The maximum Gasteiger partial charge on any atom is 0.343 e. The summed E-state index contributed by atoms with van der Waals surface area (Å²) >= 11 is 1.36. The van der Waals surface area contributed by atoms with Gasteiger partial charge in [0.2, 0.25) is 0 Å². The fourth-order valence-electron chi connectivity index (χ4n) is 5.55. The smallest absolute Gasteiger partial charge is 0.343 e. The van der Waals surface area contributed by atoms with Crippen molar-refractivity contribution < 1.29 is 14.3 Å². The highest BCUT2D eigenvalue weighted by Crippen LogP contribution is 2.40. The van der Waals surface area contributed by atoms with Crippen molar-refractivity contribution in [2.24, 2.45) is 0 Å². The van der Waals surface area contributed by atoms with Gasteiger partial charge in [-0.15, -0.1) is 11.3 Å². The minimum atomic E-state index is -3.12. The van der Waals surface area contributed by atoms with Crippen LogP contribution in [0.2, 0.25) is 5.04 Å². The van der Waals surface area contributed by atoms with Crippen LogP contribution in [0.15, 0.2) is 101 Å². The van der Waals surface area contributed by atoms with Crippen LogP contribution in [0.25, 0.3) is 16.0 Å². The van der Waals surface area contributed by atoms with E-state index in [1.807, 2.05) is 84.9 Å². The van der Waals surface area contributed by atoms with Gasteiger partial charge in [0.05, 0.1) is 23.8 Å². The molecule has 0 saturated heterocycles. The summed E-state index contributed by atoms with van der Waals surface area (Å²) in [6.07, 6.45) is 2.28. The fraction of sp³-hybridized carbons (Fsp3) is 0.219. The van der Waals surface area contributed by atoms with E-state index in [-0.39, 0.29) is 10.6 Å². The number of carbonyl (C=O) groups excluding carboxylic acids is 1. The molecule has 1 N–H and O–H groups in total. The molecule has 6 nitrogen and oxygen atoms in total. The predicted octanol–water partition coefficient (Wildman–Crippen LogP) is 5.09. The number of para-hydroxylation sites is 1. The van der Waals surface area contributed by atoms with Crippen LogP contribution in [0.4, 0.5) is 0 Å². The minimum Gasteiger partial charge on any atom is -0.465 e. The molecule has 2 aromatic heterocycles. The van der Waals surface area contributed by atoms with Gasteiger partial charge in [-0.1, -0.05) is 92.7 Å². The molecule has 0 spiro atoms. The van der Waals surface area contributed by atoms with Crippen LogP contribution in [-0.2, 0) is 11.2 Å². The summed E-state index contributed by atoms with van der Waals surface area (Å²) < 4.78 is 6.46. The van der Waals surface area contributed by atoms with Crippen LogP contribution < -0.4 is 15.9 Å². The number of pyridine rings is 1. The Labute approximate surface area is 238 Å². The largest absolute Gasteiger partial charge is 0.465 e. The Morgan fingerprint density at radius 1 is 0.975 bits per heavy atom. The number of thiazole rings is 1. The molecule has 0 fully saturated rings. The molecule has 0 atom stereocenters. The molecule has 0 amide bonds. The Morgan fingerprint density at radius 2 is 1.57 bits per heavy atom. The Balaban J connectivity index is 1.49. The van der Waals surface area contributed by atoms with Gasteiger partial charge in [0.1, 0.15) is 10.4 Å². The average molecular weight is 569 g/mol. The zero-order chi connectivity index (χ0) is 28.3. The van der Waals surface area contributed by atoms with Crippen LogP contribution in [0.5, 0.6) is 0 Å². The first-order valence-corrected chi connectivity index (χ1v) is 16.1. The normalized spacial score (nSPS) is 12.0. The maximum atomic E-state index is 13.5. The lowest BCUT2D eigenvalue weighted by molar-refractivity contribution is 0.0598. The number of hydrogen-bond acceptors (Lipinski definition) is 6. The van der Waals surface area contributed by atoms with Gasteiger partial charge in [0.15, 0.2) is 0 Å². The first kappa shape index (κ1) is 27.7. The lowest BCUT2D eigenvalue weighted by Gasteiger charge is -2.41. The first-order chi connectivity index (χ1) is 19.3. The topological polar surface area (TPSA) is 81.4 Å². The summed E-state index contributed by atoms with van der Waals surface area (Å²) in [7, 11) is -1.85. The molecule has 0 unspecified atom stereocenters. The number of nitrogens with zero attached hydrogens (tertiary/aromatic N) is 2. The van der Waals surface area contributed by atoms with Crippen molar-refractivity contribution in [3.63, 3.8) is 0 Å². The van der Waals surface area contributed by atoms with E-state index in [0.717, 1.165) is 34.5 Å². The second-order valence-electron chi connectivity index (χ2n) is 10.5. The number of esters is 1. The molecule has 204 valence electrons. The maximum absolute atomic E-state index is 13.5. The molecule has 0 saturated carbocycles. The van der Waals surface area contributed by atoms with E-state index in [1.54, 1.807) is 10.1 Å². The molecule has 8 heteroatoms. The Hall–Kier alpha value is -3.85. The summed E-state index contributed by atoms with van der Waals surface area (Å²) in [6.45, 7) is 4.33. The molecule has 2 heterocycles. The summed E-state index contributed by atoms with van der Waals surface area (Å²) in [4.78, 5) is 43.5. The summed E-state index contributed by atoms with van der Waals surface area (Å²) in [5.41, 5.74) is 3.49. The number of methoxy groups -OCH3 is 1. The molecule has 0 bridgehead atoms. The van der Waals surface area contributed by atoms with E-state index >= 15 is 0 Å². The van der Waals surface area contributed by atoms with E-state index in [0.29, 0.717) is 16.8 Å². The predicted molar refractivity (Wildman–Crippen MR) is 164 cm³/mol. The fourth-order valence-corrected chi connectivity index (χ4v) is 10.1. The standard InChI is InChI=1S/C32H32N2O4SSi/c1-32(2,40(37,24-15-6-4-7-16-24)25-17-8-5-9-18-25)20-12-14-23-13-10-11-19-28(23)34-29(35)26(31(36)38-3)21-27-30(34)39-22-33-27/h4-11,13,15-19,21-22,37H,12,14,20H2,1-3H3. The molecule has 3 aromatic carbocycles. The number of fused-ring (bicyclic) bond motifs is 1. The zero-order valence-corrected chi connectivity index (χ0v) is 24.7. The van der Waals surface area contributed by atoms with E-state index in [2.05, 4.69) is 18.8 Å². The third-order valence-corrected chi connectivity index (χ3v) is 13.1. The van der Waals surface area contributed by atoms with Crippen LogP contribution >= 0.6 is 11.3 Å². The molecule has 5 rings (SSSR count). The third kappa shape index (κ3) is 4.94. The van der Waals surface area contributed by atoms with Crippen LogP contribution in [0.3, 0.4) is 0 Å². The number of rotatable bonds is 9. The molecule has 0 aliphatic rings. The van der Waals surface area contributed by atoms with Crippen molar-refractivity contribution in [2.45, 2.75) is 38.1 Å². The average Bonchev–Trinajstić information content (AvgIpc) is 3.45. The van der Waals surface area contributed by atoms with Gasteiger partial charge in [-0.25, -0.2) is 9.78 Å². The van der Waals surface area contributed by atoms with E-state index in [9.17, 15) is 14.4 Å². The molecule has 0 aliphatic heterocycles. The molecular formula is C32H32N2O4SSi. The highest BCUT2D eigenvalue weighted by atomic mass is 32.1. The van der Waals surface area contributed by atoms with Crippen LogP contribution in [0, 0.1) is 0 Å². The van der Waals surface area contributed by atoms with Crippen molar-refractivity contribution in [1.82, 2.24) is 9.55 Å². The van der Waals surface area contributed by atoms with Gasteiger partial charge < -0.3 is 9.53 Å². The third-order valence-electron chi connectivity index (χ3n) is 7.74. The Kier molecular flexibility index (Phi) is 7.85. The van der Waals surface area contributed by atoms with E-state index in [1.165, 1.54) is 24.5 Å². The summed E-state index contributed by atoms with van der Waals surface area (Å²) in [5, 5.41) is 1.60. The van der Waals surface area contributed by atoms with Crippen molar-refractivity contribution in [1.29, 1.82) is 0 Å². The molecule has 40 heavy (non-hydrogen) atoms. The van der Waals surface area contributed by atoms with Crippen LogP contribution in [-0.4, -0.2) is 35.7 Å². The van der Waals surface area contributed by atoms with Gasteiger partial charge in [0, 0.05) is 0 Å². The number of benzene rings is 3. The van der Waals surface area contributed by atoms with Gasteiger partial charge in [0.25, 0.3) is 13.9 Å². The molecule has 0 aliphatic carbocycles. The van der Waals surface area contributed by atoms with Gasteiger partial charge in [-0.05, 0) is 52.4 Å². The van der Waals surface area contributed by atoms with Gasteiger partial charge in [-0.3, -0.25) is 9.36 Å². The highest BCUT2D eigenvalue weighted by molar-refractivity contribution is 7.16. The minimum absolute atomic E-state index is 0.0429. The zero-order valence-electron chi connectivity index (χ0n) is 22.8. The highest BCUT2D eigenvalue weighted by Gasteiger charge is 2.49. The summed E-state index contributed by atoms with van der Waals surface area (Å²) in [5.74, 6) is -0.682. The van der Waals surface area contributed by atoms with Gasteiger partial charge in [-0.2, -0.15) is 0 Å². The lowest BCUT2D eigenvalue weighted by atomic mass is 10.00. The Bertz CT molecular complexity index is 1660.